The predicted octanol–water partition coefficient (Wildman–Crippen LogP) is 2.81. The van der Waals surface area contributed by atoms with Gasteiger partial charge in [0.15, 0.2) is 0 Å². The van der Waals surface area contributed by atoms with Gasteiger partial charge in [0, 0.05) is 12.7 Å². The zero-order chi connectivity index (χ0) is 16.9. The van der Waals surface area contributed by atoms with Gasteiger partial charge in [0.25, 0.3) is 10.0 Å². The number of thioether (sulfide) groups is 1. The molecule has 1 amide bonds. The van der Waals surface area contributed by atoms with Crippen LogP contribution in [0.3, 0.4) is 0 Å². The summed E-state index contributed by atoms with van der Waals surface area (Å²) >= 11 is 1.40. The van der Waals surface area contributed by atoms with E-state index < -0.39 is 10.0 Å². The van der Waals surface area contributed by atoms with E-state index in [0.29, 0.717) is 17.1 Å². The van der Waals surface area contributed by atoms with E-state index >= 15 is 0 Å². The summed E-state index contributed by atoms with van der Waals surface area (Å²) in [5.74, 6) is 0.157. The zero-order valence-corrected chi connectivity index (χ0v) is 14.5. The van der Waals surface area contributed by atoms with Gasteiger partial charge in [0.05, 0.1) is 16.3 Å². The van der Waals surface area contributed by atoms with Crippen LogP contribution in [-0.4, -0.2) is 33.4 Å². The summed E-state index contributed by atoms with van der Waals surface area (Å²) in [5.41, 5.74) is 1.04. The van der Waals surface area contributed by atoms with Gasteiger partial charge >= 0.3 is 0 Å². The van der Waals surface area contributed by atoms with E-state index in [9.17, 15) is 13.2 Å². The lowest BCUT2D eigenvalue weighted by molar-refractivity contribution is -0.113. The molecule has 0 bridgehead atoms. The first-order valence-electron chi connectivity index (χ1n) is 6.88. The Hall–Kier alpha value is -1.99. The molecule has 2 aromatic carbocycles. The Bertz CT molecular complexity index is 777. The zero-order valence-electron chi connectivity index (χ0n) is 12.9. The lowest BCUT2D eigenvalue weighted by Gasteiger charge is -2.19. The fourth-order valence-corrected chi connectivity index (χ4v) is 3.57. The maximum atomic E-state index is 12.7. The number of anilines is 2. The molecular weight excluding hydrogens is 332 g/mol. The molecule has 0 aliphatic heterocycles. The Morgan fingerprint density at radius 1 is 1.13 bits per heavy atom. The van der Waals surface area contributed by atoms with Gasteiger partial charge in [-0.25, -0.2) is 8.42 Å². The summed E-state index contributed by atoms with van der Waals surface area (Å²) in [6.45, 7) is 0. The number of nitrogens with zero attached hydrogens (tertiary/aromatic N) is 1. The Balaban J connectivity index is 2.28. The highest BCUT2D eigenvalue weighted by atomic mass is 32.2. The molecule has 0 unspecified atom stereocenters. The monoisotopic (exact) mass is 350 g/mol. The first kappa shape index (κ1) is 17.4. The van der Waals surface area contributed by atoms with Crippen LogP contribution in [0.15, 0.2) is 59.5 Å². The molecule has 0 spiro atoms. The maximum absolute atomic E-state index is 12.7. The molecule has 0 saturated carbocycles. The molecular formula is C16H18N2O3S2. The van der Waals surface area contributed by atoms with Crippen molar-refractivity contribution < 1.29 is 13.2 Å². The van der Waals surface area contributed by atoms with Crippen molar-refractivity contribution in [1.29, 1.82) is 0 Å². The lowest BCUT2D eigenvalue weighted by Crippen LogP contribution is -2.26. The third-order valence-electron chi connectivity index (χ3n) is 3.17. The highest BCUT2D eigenvalue weighted by molar-refractivity contribution is 7.99. The average molecular weight is 350 g/mol. The van der Waals surface area contributed by atoms with Gasteiger partial charge < -0.3 is 5.32 Å². The summed E-state index contributed by atoms with van der Waals surface area (Å²) in [7, 11) is -2.18. The molecule has 0 radical (unpaired) electrons. The van der Waals surface area contributed by atoms with Crippen LogP contribution in [0, 0.1) is 0 Å². The summed E-state index contributed by atoms with van der Waals surface area (Å²) < 4.78 is 26.6. The van der Waals surface area contributed by atoms with Crippen LogP contribution < -0.4 is 9.62 Å². The number of amides is 1. The van der Waals surface area contributed by atoms with E-state index in [2.05, 4.69) is 5.32 Å². The summed E-state index contributed by atoms with van der Waals surface area (Å²) in [5, 5.41) is 2.69. The smallest absolute Gasteiger partial charge is 0.264 e. The van der Waals surface area contributed by atoms with Crippen LogP contribution in [0.2, 0.25) is 0 Å². The molecule has 0 aliphatic carbocycles. The van der Waals surface area contributed by atoms with Gasteiger partial charge in [-0.3, -0.25) is 9.10 Å². The quantitative estimate of drug-likeness (QED) is 0.870. The second-order valence-electron chi connectivity index (χ2n) is 4.82. The molecule has 0 saturated heterocycles. The predicted molar refractivity (Wildman–Crippen MR) is 95.5 cm³/mol. The molecule has 0 atom stereocenters. The van der Waals surface area contributed by atoms with Crippen LogP contribution in [-0.2, 0) is 14.8 Å². The maximum Gasteiger partial charge on any atom is 0.264 e. The molecule has 7 heteroatoms. The molecule has 0 fully saturated rings. The fraction of sp³-hybridized carbons (Fsp3) is 0.188. The largest absolute Gasteiger partial charge is 0.325 e. The van der Waals surface area contributed by atoms with Crippen molar-refractivity contribution in [3.05, 3.63) is 54.6 Å². The molecule has 0 heterocycles. The Labute approximate surface area is 140 Å². The van der Waals surface area contributed by atoms with Crippen LogP contribution in [0.1, 0.15) is 0 Å². The van der Waals surface area contributed by atoms with Crippen molar-refractivity contribution in [2.45, 2.75) is 4.90 Å². The molecule has 2 aromatic rings. The minimum absolute atomic E-state index is 0.130. The highest BCUT2D eigenvalue weighted by Crippen LogP contribution is 2.23. The average Bonchev–Trinajstić information content (AvgIpc) is 2.55. The number of nitrogens with one attached hydrogen (secondary N) is 1. The molecule has 2 rings (SSSR count). The first-order valence-corrected chi connectivity index (χ1v) is 9.71. The standard InChI is InChI=1S/C16H18N2O3S2/c1-18(14-8-4-3-5-9-14)23(20,21)15-10-6-7-13(11-15)17-16(19)12-22-2/h3-11H,12H2,1-2H3,(H,17,19). The number of hydrogen-bond donors (Lipinski definition) is 1. The molecule has 23 heavy (non-hydrogen) atoms. The number of carbonyl (C=O) groups excluding carboxylic acids is 1. The molecule has 0 aliphatic rings. The molecule has 1 N–H and O–H groups in total. The van der Waals surface area contributed by atoms with Crippen molar-refractivity contribution in [3.8, 4) is 0 Å². The van der Waals surface area contributed by atoms with E-state index in [4.69, 9.17) is 0 Å². The van der Waals surface area contributed by atoms with Crippen LogP contribution in [0.4, 0.5) is 11.4 Å². The number of para-hydroxylation sites is 1. The Morgan fingerprint density at radius 2 is 1.83 bits per heavy atom. The number of carbonyl (C=O) groups is 1. The van der Waals surface area contributed by atoms with Crippen LogP contribution in [0.5, 0.6) is 0 Å². The third-order valence-corrected chi connectivity index (χ3v) is 5.50. The van der Waals surface area contributed by atoms with Crippen molar-refractivity contribution in [3.63, 3.8) is 0 Å². The van der Waals surface area contributed by atoms with Crippen molar-refractivity contribution >= 4 is 39.1 Å². The molecule has 0 aromatic heterocycles. The van der Waals surface area contributed by atoms with Gasteiger partial charge in [-0.2, -0.15) is 11.8 Å². The fourth-order valence-electron chi connectivity index (χ4n) is 2.00. The second kappa shape index (κ2) is 7.52. The second-order valence-corrected chi connectivity index (χ2v) is 7.65. The molecule has 5 nitrogen and oxygen atoms in total. The third kappa shape index (κ3) is 4.27. The van der Waals surface area contributed by atoms with Gasteiger partial charge in [-0.1, -0.05) is 24.3 Å². The SMILES string of the molecule is CSCC(=O)Nc1cccc(S(=O)(=O)N(C)c2ccccc2)c1. The van der Waals surface area contributed by atoms with Gasteiger partial charge in [-0.05, 0) is 36.6 Å². The minimum atomic E-state index is -3.69. The van der Waals surface area contributed by atoms with Gasteiger partial charge in [-0.15, -0.1) is 0 Å². The normalized spacial score (nSPS) is 11.0. The first-order chi connectivity index (χ1) is 10.9. The highest BCUT2D eigenvalue weighted by Gasteiger charge is 2.21. The Morgan fingerprint density at radius 3 is 2.48 bits per heavy atom. The van der Waals surface area contributed by atoms with Gasteiger partial charge in [0.2, 0.25) is 5.91 Å². The molecule has 122 valence electrons. The summed E-state index contributed by atoms with van der Waals surface area (Å²) in [6, 6.07) is 15.1. The summed E-state index contributed by atoms with van der Waals surface area (Å²) in [6.07, 6.45) is 1.83. The Kier molecular flexibility index (Phi) is 5.68. The lowest BCUT2D eigenvalue weighted by atomic mass is 10.3. The number of rotatable bonds is 6. The van der Waals surface area contributed by atoms with E-state index in [0.717, 1.165) is 0 Å². The topological polar surface area (TPSA) is 66.5 Å². The van der Waals surface area contributed by atoms with Crippen molar-refractivity contribution in [1.82, 2.24) is 0 Å². The number of sulfonamides is 1. The minimum Gasteiger partial charge on any atom is -0.325 e. The summed E-state index contributed by atoms with van der Waals surface area (Å²) in [4.78, 5) is 11.8. The van der Waals surface area contributed by atoms with Crippen molar-refractivity contribution in [2.75, 3.05) is 28.7 Å². The van der Waals surface area contributed by atoms with Gasteiger partial charge in [0.1, 0.15) is 0 Å². The van der Waals surface area contributed by atoms with Crippen LogP contribution in [0.25, 0.3) is 0 Å². The van der Waals surface area contributed by atoms with E-state index in [-0.39, 0.29) is 10.8 Å². The van der Waals surface area contributed by atoms with E-state index in [1.54, 1.807) is 36.4 Å². The van der Waals surface area contributed by atoms with Crippen molar-refractivity contribution in [2.24, 2.45) is 0 Å². The number of hydrogen-bond acceptors (Lipinski definition) is 4. The van der Waals surface area contributed by atoms with Crippen LogP contribution >= 0.6 is 11.8 Å². The van der Waals surface area contributed by atoms with E-state index in [1.165, 1.54) is 35.2 Å². The van der Waals surface area contributed by atoms with E-state index in [1.807, 2.05) is 12.3 Å². The number of benzene rings is 2.